The average molecular weight is 333 g/mol. The monoisotopic (exact) mass is 332 g/mol. The Morgan fingerprint density at radius 1 is 1.19 bits per heavy atom. The lowest BCUT2D eigenvalue weighted by atomic mass is 10.2. The van der Waals surface area contributed by atoms with Crippen LogP contribution in [-0.4, -0.2) is 44.3 Å². The molecule has 0 unspecified atom stereocenters. The fourth-order valence-corrected chi connectivity index (χ4v) is 3.25. The van der Waals surface area contributed by atoms with Gasteiger partial charge < -0.3 is 10.6 Å². The maximum absolute atomic E-state index is 11.9. The second-order valence-corrected chi connectivity index (χ2v) is 7.65. The van der Waals surface area contributed by atoms with Gasteiger partial charge in [-0.3, -0.25) is 4.79 Å². The molecule has 0 saturated heterocycles. The van der Waals surface area contributed by atoms with Crippen LogP contribution in [0.15, 0.2) is 24.3 Å². The zero-order valence-corrected chi connectivity index (χ0v) is 13.8. The zero-order valence-electron chi connectivity index (χ0n) is 12.2. The molecule has 0 atom stereocenters. The molecule has 5 nitrogen and oxygen atoms in total. The van der Waals surface area contributed by atoms with Crippen molar-refractivity contribution in [1.82, 2.24) is 5.32 Å². The smallest absolute Gasteiger partial charge is 0.251 e. The maximum atomic E-state index is 11.9. The van der Waals surface area contributed by atoms with E-state index in [0.29, 0.717) is 11.6 Å². The van der Waals surface area contributed by atoms with Gasteiger partial charge in [-0.05, 0) is 38.1 Å². The Hall–Kier alpha value is -1.27. The minimum atomic E-state index is -3.19. The Balaban J connectivity index is 2.49. The van der Waals surface area contributed by atoms with Crippen molar-refractivity contribution in [2.24, 2.45) is 0 Å². The van der Waals surface area contributed by atoms with E-state index in [1.807, 2.05) is 26.0 Å². The second kappa shape index (κ2) is 8.24. The van der Waals surface area contributed by atoms with Crippen LogP contribution in [0.2, 0.25) is 0 Å². The standard InChI is InChI=1S/C14H21ClN2O3S/c1-11(2)17-13-5-3-12(4-6-13)14(18)16-8-10-21(19,20)9-7-15/h3-6,11,17H,7-10H2,1-2H3,(H,16,18). The largest absolute Gasteiger partial charge is 0.383 e. The lowest BCUT2D eigenvalue weighted by molar-refractivity contribution is 0.0956. The third-order valence-electron chi connectivity index (χ3n) is 2.69. The Morgan fingerprint density at radius 3 is 2.33 bits per heavy atom. The third-order valence-corrected chi connectivity index (χ3v) is 4.75. The van der Waals surface area contributed by atoms with Crippen LogP contribution >= 0.6 is 11.6 Å². The highest BCUT2D eigenvalue weighted by atomic mass is 35.5. The Labute approximate surface area is 131 Å². The highest BCUT2D eigenvalue weighted by molar-refractivity contribution is 7.91. The van der Waals surface area contributed by atoms with Crippen LogP contribution in [0.3, 0.4) is 0 Å². The summed E-state index contributed by atoms with van der Waals surface area (Å²) in [6.07, 6.45) is 0. The lowest BCUT2D eigenvalue weighted by Crippen LogP contribution is -2.30. The number of halogens is 1. The predicted octanol–water partition coefficient (Wildman–Crippen LogP) is 1.89. The van der Waals surface area contributed by atoms with Crippen LogP contribution in [0.4, 0.5) is 5.69 Å². The van der Waals surface area contributed by atoms with Crippen molar-refractivity contribution in [3.8, 4) is 0 Å². The number of sulfone groups is 1. The van der Waals surface area contributed by atoms with E-state index in [1.54, 1.807) is 12.1 Å². The molecule has 0 aliphatic heterocycles. The predicted molar refractivity (Wildman–Crippen MR) is 86.9 cm³/mol. The van der Waals surface area contributed by atoms with E-state index in [0.717, 1.165) is 5.69 Å². The van der Waals surface area contributed by atoms with E-state index in [4.69, 9.17) is 11.6 Å². The number of rotatable bonds is 8. The molecule has 0 radical (unpaired) electrons. The molecule has 0 aromatic heterocycles. The Morgan fingerprint density at radius 2 is 1.81 bits per heavy atom. The molecule has 1 aromatic rings. The molecule has 0 bridgehead atoms. The first-order valence-corrected chi connectivity index (χ1v) is 9.11. The number of carbonyl (C=O) groups is 1. The molecule has 2 N–H and O–H groups in total. The number of nitrogens with one attached hydrogen (secondary N) is 2. The molecule has 7 heteroatoms. The molecule has 0 heterocycles. The SMILES string of the molecule is CC(C)Nc1ccc(C(=O)NCCS(=O)(=O)CCCl)cc1. The highest BCUT2D eigenvalue weighted by Crippen LogP contribution is 2.10. The van der Waals surface area contributed by atoms with Crippen molar-refractivity contribution in [2.45, 2.75) is 19.9 Å². The van der Waals surface area contributed by atoms with Crippen LogP contribution in [0.1, 0.15) is 24.2 Å². The van der Waals surface area contributed by atoms with Gasteiger partial charge in [0, 0.05) is 29.7 Å². The molecule has 0 spiro atoms. The van der Waals surface area contributed by atoms with Gasteiger partial charge in [0.1, 0.15) is 0 Å². The third kappa shape index (κ3) is 6.82. The van der Waals surface area contributed by atoms with Crippen molar-refractivity contribution in [3.63, 3.8) is 0 Å². The van der Waals surface area contributed by atoms with Gasteiger partial charge in [0.2, 0.25) is 0 Å². The second-order valence-electron chi connectivity index (χ2n) is 4.97. The summed E-state index contributed by atoms with van der Waals surface area (Å²) in [5, 5.41) is 5.82. The van der Waals surface area contributed by atoms with Gasteiger partial charge in [-0.25, -0.2) is 8.42 Å². The molecule has 118 valence electrons. The first-order chi connectivity index (χ1) is 9.84. The summed E-state index contributed by atoms with van der Waals surface area (Å²) < 4.78 is 22.9. The summed E-state index contributed by atoms with van der Waals surface area (Å²) in [6.45, 7) is 4.15. The number of carbonyl (C=O) groups excluding carboxylic acids is 1. The first kappa shape index (κ1) is 17.8. The molecule has 21 heavy (non-hydrogen) atoms. The molecule has 1 amide bonds. The fourth-order valence-electron chi connectivity index (χ4n) is 1.69. The zero-order chi connectivity index (χ0) is 15.9. The average Bonchev–Trinajstić information content (AvgIpc) is 2.38. The Bertz CT molecular complexity index is 556. The number of anilines is 1. The van der Waals surface area contributed by atoms with E-state index in [-0.39, 0.29) is 29.8 Å². The quantitative estimate of drug-likeness (QED) is 0.713. The van der Waals surface area contributed by atoms with Crippen LogP contribution in [0.5, 0.6) is 0 Å². The van der Waals surface area contributed by atoms with Gasteiger partial charge in [-0.15, -0.1) is 11.6 Å². The maximum Gasteiger partial charge on any atom is 0.251 e. The van der Waals surface area contributed by atoms with Crippen molar-refractivity contribution >= 4 is 33.0 Å². The number of benzene rings is 1. The van der Waals surface area contributed by atoms with Gasteiger partial charge in [0.15, 0.2) is 9.84 Å². The van der Waals surface area contributed by atoms with Gasteiger partial charge in [0.05, 0.1) is 11.5 Å². The fraction of sp³-hybridized carbons (Fsp3) is 0.500. The summed E-state index contributed by atoms with van der Waals surface area (Å²) in [5.74, 6) is -0.383. The van der Waals surface area contributed by atoms with Crippen LogP contribution < -0.4 is 10.6 Å². The number of amides is 1. The van der Waals surface area contributed by atoms with Crippen molar-refractivity contribution in [3.05, 3.63) is 29.8 Å². The van der Waals surface area contributed by atoms with Crippen LogP contribution in [-0.2, 0) is 9.84 Å². The van der Waals surface area contributed by atoms with Gasteiger partial charge >= 0.3 is 0 Å². The van der Waals surface area contributed by atoms with Gasteiger partial charge in [-0.1, -0.05) is 0 Å². The van der Waals surface area contributed by atoms with Crippen molar-refractivity contribution in [2.75, 3.05) is 29.2 Å². The molecule has 0 aliphatic carbocycles. The van der Waals surface area contributed by atoms with E-state index in [9.17, 15) is 13.2 Å². The van der Waals surface area contributed by atoms with Crippen LogP contribution in [0, 0.1) is 0 Å². The van der Waals surface area contributed by atoms with Crippen LogP contribution in [0.25, 0.3) is 0 Å². The summed E-state index contributed by atoms with van der Waals surface area (Å²) in [4.78, 5) is 11.9. The normalized spacial score (nSPS) is 11.4. The summed E-state index contributed by atoms with van der Waals surface area (Å²) >= 11 is 5.40. The molecule has 0 saturated carbocycles. The van der Waals surface area contributed by atoms with E-state index >= 15 is 0 Å². The number of hydrogen-bond acceptors (Lipinski definition) is 4. The molecule has 1 rings (SSSR count). The van der Waals surface area contributed by atoms with E-state index in [1.165, 1.54) is 0 Å². The first-order valence-electron chi connectivity index (χ1n) is 6.75. The molecule has 1 aromatic carbocycles. The minimum Gasteiger partial charge on any atom is -0.383 e. The lowest BCUT2D eigenvalue weighted by Gasteiger charge is -2.10. The molecular formula is C14H21ClN2O3S. The van der Waals surface area contributed by atoms with E-state index < -0.39 is 9.84 Å². The Kier molecular flexibility index (Phi) is 6.98. The molecular weight excluding hydrogens is 312 g/mol. The topological polar surface area (TPSA) is 75.3 Å². The minimum absolute atomic E-state index is 0.0694. The van der Waals surface area contributed by atoms with Gasteiger partial charge in [0.25, 0.3) is 5.91 Å². The van der Waals surface area contributed by atoms with Crippen molar-refractivity contribution < 1.29 is 13.2 Å². The van der Waals surface area contributed by atoms with Gasteiger partial charge in [-0.2, -0.15) is 0 Å². The number of hydrogen-bond donors (Lipinski definition) is 2. The summed E-state index contributed by atoms with van der Waals surface area (Å²) in [5.41, 5.74) is 1.44. The summed E-state index contributed by atoms with van der Waals surface area (Å²) in [7, 11) is -3.19. The highest BCUT2D eigenvalue weighted by Gasteiger charge is 2.11. The number of alkyl halides is 1. The molecule has 0 fully saturated rings. The van der Waals surface area contributed by atoms with E-state index in [2.05, 4.69) is 10.6 Å². The molecule has 0 aliphatic rings. The van der Waals surface area contributed by atoms with Crippen molar-refractivity contribution in [1.29, 1.82) is 0 Å². The summed E-state index contributed by atoms with van der Waals surface area (Å²) in [6, 6.07) is 7.36.